The lowest BCUT2D eigenvalue weighted by molar-refractivity contribution is 0.122. The summed E-state index contributed by atoms with van der Waals surface area (Å²) >= 11 is 6.15. The van der Waals surface area contributed by atoms with E-state index in [1.165, 1.54) is 16.8 Å². The molecule has 0 bridgehead atoms. The van der Waals surface area contributed by atoms with Crippen LogP contribution in [0.2, 0.25) is 0 Å². The lowest BCUT2D eigenvalue weighted by atomic mass is 10.00. The van der Waals surface area contributed by atoms with Crippen molar-refractivity contribution in [1.82, 2.24) is 9.97 Å². The van der Waals surface area contributed by atoms with Crippen LogP contribution in [-0.2, 0) is 4.74 Å². The Balaban J connectivity index is 1.30. The fraction of sp³-hybridized carbons (Fsp3) is 0.241. The third kappa shape index (κ3) is 6.14. The molecule has 1 aromatic heterocycles. The number of rotatable bonds is 7. The molecule has 6 nitrogen and oxygen atoms in total. The summed E-state index contributed by atoms with van der Waals surface area (Å²) in [6, 6.07) is 16.7. The number of nitrogens with zero attached hydrogens (tertiary/aromatic N) is 3. The van der Waals surface area contributed by atoms with E-state index in [2.05, 4.69) is 74.5 Å². The van der Waals surface area contributed by atoms with Gasteiger partial charge < -0.3 is 19.4 Å². The van der Waals surface area contributed by atoms with Crippen LogP contribution in [0.1, 0.15) is 36.6 Å². The summed E-state index contributed by atoms with van der Waals surface area (Å²) in [4.78, 5) is 14.7. The number of hydrogen-bond donors (Lipinski definition) is 1. The number of ether oxygens (including phenoxy) is 2. The standard InChI is InChI=1S/C29H29ClN4O2/c1-21(30)19-27-28(31-20-22-7-11-25(12-8-22)34-15-17-35-18-16-34)33-29(32-27)36-26-13-9-24(10-14-26)23-5-3-2-4-6-23/h3,5-14,19-20H,2,4,15-18H2,1H3,(H,32,33)/b21-19+,31-20?. The second kappa shape index (κ2) is 11.4. The quantitative estimate of drug-likeness (QED) is 0.351. The molecule has 1 aliphatic heterocycles. The minimum atomic E-state index is 0.360. The Morgan fingerprint density at radius 3 is 2.56 bits per heavy atom. The summed E-state index contributed by atoms with van der Waals surface area (Å²) in [5.74, 6) is 1.21. The van der Waals surface area contributed by atoms with Crippen LogP contribution in [0.25, 0.3) is 11.6 Å². The normalized spacial score (nSPS) is 16.4. The Hall–Kier alpha value is -3.61. The molecule has 1 saturated heterocycles. The van der Waals surface area contributed by atoms with Crippen molar-refractivity contribution in [3.8, 4) is 11.8 Å². The lowest BCUT2D eigenvalue weighted by Gasteiger charge is -2.28. The fourth-order valence-corrected chi connectivity index (χ4v) is 4.29. The maximum Gasteiger partial charge on any atom is 0.301 e. The maximum atomic E-state index is 6.15. The van der Waals surface area contributed by atoms with Gasteiger partial charge in [0.1, 0.15) is 5.75 Å². The summed E-state index contributed by atoms with van der Waals surface area (Å²) in [5.41, 5.74) is 5.27. The second-order valence-corrected chi connectivity index (χ2v) is 9.32. The Labute approximate surface area is 216 Å². The first-order valence-corrected chi connectivity index (χ1v) is 12.6. The van der Waals surface area contributed by atoms with Gasteiger partial charge in [-0.25, -0.2) is 4.99 Å². The van der Waals surface area contributed by atoms with Crippen molar-refractivity contribution in [2.45, 2.75) is 19.8 Å². The van der Waals surface area contributed by atoms with Gasteiger partial charge in [0.25, 0.3) is 0 Å². The predicted octanol–water partition coefficient (Wildman–Crippen LogP) is 7.12. The van der Waals surface area contributed by atoms with Crippen molar-refractivity contribution in [1.29, 1.82) is 0 Å². The number of allylic oxidation sites excluding steroid dienone is 5. The van der Waals surface area contributed by atoms with Gasteiger partial charge in [-0.1, -0.05) is 54.1 Å². The molecule has 36 heavy (non-hydrogen) atoms. The largest absolute Gasteiger partial charge is 0.426 e. The Morgan fingerprint density at radius 1 is 1.08 bits per heavy atom. The van der Waals surface area contributed by atoms with Gasteiger partial charge in [-0.3, -0.25) is 0 Å². The summed E-state index contributed by atoms with van der Waals surface area (Å²) in [5, 5.41) is 0.620. The van der Waals surface area contributed by atoms with E-state index in [0.717, 1.165) is 44.7 Å². The predicted molar refractivity (Wildman–Crippen MR) is 148 cm³/mol. The van der Waals surface area contributed by atoms with Gasteiger partial charge in [0.05, 0.1) is 18.9 Å². The number of aliphatic imine (C=N–C) groups is 1. The smallest absolute Gasteiger partial charge is 0.301 e. The number of halogens is 1. The molecule has 0 radical (unpaired) electrons. The highest BCUT2D eigenvalue weighted by Crippen LogP contribution is 2.29. The van der Waals surface area contributed by atoms with E-state index in [1.54, 1.807) is 12.3 Å². The first-order valence-electron chi connectivity index (χ1n) is 12.2. The van der Waals surface area contributed by atoms with Crippen LogP contribution >= 0.6 is 11.6 Å². The van der Waals surface area contributed by atoms with Crippen LogP contribution in [0, 0.1) is 0 Å². The molecule has 1 fully saturated rings. The number of anilines is 1. The molecule has 1 N–H and O–H groups in total. The van der Waals surface area contributed by atoms with Gasteiger partial charge in [-0.2, -0.15) is 4.98 Å². The van der Waals surface area contributed by atoms with Crippen LogP contribution in [-0.4, -0.2) is 42.5 Å². The molecule has 5 rings (SSSR count). The molecule has 3 aromatic rings. The average molecular weight is 501 g/mol. The molecule has 0 atom stereocenters. The SMILES string of the molecule is C/C(Cl)=C\c1[nH]c(Oc2ccc(C3=CCCC=C3)cc2)nc1N=Cc1ccc(N2CCOCC2)cc1. The molecule has 0 amide bonds. The maximum absolute atomic E-state index is 6.15. The van der Waals surface area contributed by atoms with Crippen molar-refractivity contribution in [3.05, 3.63) is 88.6 Å². The molecule has 2 aromatic carbocycles. The molecule has 1 aliphatic carbocycles. The van der Waals surface area contributed by atoms with E-state index in [1.807, 2.05) is 19.1 Å². The number of nitrogens with one attached hydrogen (secondary N) is 1. The summed E-state index contributed by atoms with van der Waals surface area (Å²) in [6.07, 6.45) is 12.4. The van der Waals surface area contributed by atoms with E-state index in [4.69, 9.17) is 21.1 Å². The van der Waals surface area contributed by atoms with Crippen molar-refractivity contribution in [3.63, 3.8) is 0 Å². The number of imidazole rings is 1. The minimum Gasteiger partial charge on any atom is -0.426 e. The van der Waals surface area contributed by atoms with Gasteiger partial charge in [-0.05, 0) is 66.8 Å². The zero-order chi connectivity index (χ0) is 24.7. The van der Waals surface area contributed by atoms with E-state index >= 15 is 0 Å². The van der Waals surface area contributed by atoms with Crippen LogP contribution in [0.4, 0.5) is 11.5 Å². The van der Waals surface area contributed by atoms with E-state index < -0.39 is 0 Å². The van der Waals surface area contributed by atoms with Gasteiger partial charge in [-0.15, -0.1) is 0 Å². The summed E-state index contributed by atoms with van der Waals surface area (Å²) in [6.45, 7) is 5.17. The third-order valence-electron chi connectivity index (χ3n) is 6.04. The Bertz CT molecular complexity index is 1290. The van der Waals surface area contributed by atoms with E-state index in [9.17, 15) is 0 Å². The van der Waals surface area contributed by atoms with E-state index in [0.29, 0.717) is 28.3 Å². The lowest BCUT2D eigenvalue weighted by Crippen LogP contribution is -2.36. The molecular weight excluding hydrogens is 472 g/mol. The number of aromatic amines is 1. The molecule has 7 heteroatoms. The number of aromatic nitrogens is 2. The Morgan fingerprint density at radius 2 is 1.86 bits per heavy atom. The van der Waals surface area contributed by atoms with Crippen LogP contribution in [0.3, 0.4) is 0 Å². The minimum absolute atomic E-state index is 0.360. The monoisotopic (exact) mass is 500 g/mol. The second-order valence-electron chi connectivity index (χ2n) is 8.73. The van der Waals surface area contributed by atoms with Crippen molar-refractivity contribution in [2.75, 3.05) is 31.2 Å². The van der Waals surface area contributed by atoms with Crippen molar-refractivity contribution < 1.29 is 9.47 Å². The number of morpholine rings is 1. The van der Waals surface area contributed by atoms with E-state index in [-0.39, 0.29) is 0 Å². The van der Waals surface area contributed by atoms with Crippen LogP contribution in [0.5, 0.6) is 11.8 Å². The molecule has 0 unspecified atom stereocenters. The van der Waals surface area contributed by atoms with Crippen molar-refractivity contribution >= 4 is 41.0 Å². The van der Waals surface area contributed by atoms with Gasteiger partial charge in [0.15, 0.2) is 5.82 Å². The number of H-pyrrole nitrogens is 1. The molecular formula is C29H29ClN4O2. The van der Waals surface area contributed by atoms with Crippen LogP contribution in [0.15, 0.2) is 76.8 Å². The first kappa shape index (κ1) is 24.1. The molecule has 0 saturated carbocycles. The highest BCUT2D eigenvalue weighted by Gasteiger charge is 2.12. The number of hydrogen-bond acceptors (Lipinski definition) is 5. The summed E-state index contributed by atoms with van der Waals surface area (Å²) < 4.78 is 11.4. The molecule has 184 valence electrons. The average Bonchev–Trinajstić information content (AvgIpc) is 3.29. The highest BCUT2D eigenvalue weighted by molar-refractivity contribution is 6.31. The molecule has 2 aliphatic rings. The first-order chi connectivity index (χ1) is 17.6. The third-order valence-corrected chi connectivity index (χ3v) is 6.14. The van der Waals surface area contributed by atoms with Crippen molar-refractivity contribution in [2.24, 2.45) is 4.99 Å². The summed E-state index contributed by atoms with van der Waals surface area (Å²) in [7, 11) is 0. The zero-order valence-corrected chi connectivity index (χ0v) is 21.0. The topological polar surface area (TPSA) is 62.7 Å². The molecule has 2 heterocycles. The number of benzene rings is 2. The fourth-order valence-electron chi connectivity index (χ4n) is 4.18. The Kier molecular flexibility index (Phi) is 7.64. The van der Waals surface area contributed by atoms with Crippen LogP contribution < -0.4 is 9.64 Å². The highest BCUT2D eigenvalue weighted by atomic mass is 35.5. The van der Waals surface area contributed by atoms with Gasteiger partial charge in [0.2, 0.25) is 0 Å². The zero-order valence-electron chi connectivity index (χ0n) is 20.3. The van der Waals surface area contributed by atoms with Gasteiger partial charge >= 0.3 is 6.01 Å². The molecule has 0 spiro atoms. The van der Waals surface area contributed by atoms with Gasteiger partial charge in [0, 0.05) is 30.0 Å².